The Morgan fingerprint density at radius 2 is 2.13 bits per heavy atom. The number of allylic oxidation sites excluding steroid dienone is 3. The van der Waals surface area contributed by atoms with Crippen molar-refractivity contribution in [1.29, 1.82) is 0 Å². The van der Waals surface area contributed by atoms with Gasteiger partial charge < -0.3 is 4.74 Å². The fourth-order valence-electron chi connectivity index (χ4n) is 2.45. The van der Waals surface area contributed by atoms with Crippen molar-refractivity contribution < 1.29 is 9.53 Å². The molecular formula is C19H24N2O2. The number of hydrogen-bond acceptors (Lipinski definition) is 3. The Kier molecular flexibility index (Phi) is 5.74. The molecule has 4 nitrogen and oxygen atoms in total. The van der Waals surface area contributed by atoms with Crippen LogP contribution in [0.25, 0.3) is 0 Å². The number of hydrazone groups is 1. The highest BCUT2D eigenvalue weighted by molar-refractivity contribution is 6.01. The molecular weight excluding hydrogens is 288 g/mol. The van der Waals surface area contributed by atoms with Crippen LogP contribution in [0, 0.1) is 12.8 Å². The van der Waals surface area contributed by atoms with Crippen molar-refractivity contribution in [2.45, 2.75) is 33.6 Å². The van der Waals surface area contributed by atoms with Crippen LogP contribution in [0.4, 0.5) is 0 Å². The Bertz CT molecular complexity index is 659. The molecule has 1 N–H and O–H groups in total. The van der Waals surface area contributed by atoms with Crippen LogP contribution in [0.2, 0.25) is 0 Å². The third-order valence-electron chi connectivity index (χ3n) is 4.07. The van der Waals surface area contributed by atoms with E-state index in [9.17, 15) is 4.79 Å². The number of rotatable bonds is 5. The first kappa shape index (κ1) is 17.0. The van der Waals surface area contributed by atoms with Gasteiger partial charge in [-0.05, 0) is 56.7 Å². The lowest BCUT2D eigenvalue weighted by atomic mass is 9.85. The van der Waals surface area contributed by atoms with Crippen LogP contribution in [0.15, 0.2) is 53.2 Å². The first-order valence-corrected chi connectivity index (χ1v) is 7.83. The maximum Gasteiger partial charge on any atom is 0.277 e. The molecule has 1 aromatic rings. The Hall–Kier alpha value is -2.36. The molecule has 4 heteroatoms. The molecule has 0 radical (unpaired) electrons. The number of carbonyl (C=O) groups is 1. The van der Waals surface area contributed by atoms with Gasteiger partial charge in [-0.1, -0.05) is 36.4 Å². The average Bonchev–Trinajstić information content (AvgIpc) is 2.53. The van der Waals surface area contributed by atoms with Crippen molar-refractivity contribution in [2.75, 3.05) is 6.61 Å². The van der Waals surface area contributed by atoms with E-state index in [0.29, 0.717) is 11.7 Å². The highest BCUT2D eigenvalue weighted by atomic mass is 16.5. The maximum absolute atomic E-state index is 11.9. The Morgan fingerprint density at radius 3 is 2.83 bits per heavy atom. The van der Waals surface area contributed by atoms with Crippen LogP contribution in [0.3, 0.4) is 0 Å². The molecule has 0 aliphatic heterocycles. The van der Waals surface area contributed by atoms with Crippen LogP contribution in [0.5, 0.6) is 5.75 Å². The quantitative estimate of drug-likeness (QED) is 0.664. The number of nitrogens with one attached hydrogen (secondary N) is 1. The minimum Gasteiger partial charge on any atom is -0.483 e. The van der Waals surface area contributed by atoms with Gasteiger partial charge >= 0.3 is 0 Å². The van der Waals surface area contributed by atoms with Gasteiger partial charge in [0.05, 0.1) is 5.71 Å². The highest BCUT2D eigenvalue weighted by Crippen LogP contribution is 2.26. The molecule has 122 valence electrons. The maximum atomic E-state index is 11.9. The third kappa shape index (κ3) is 4.81. The van der Waals surface area contributed by atoms with Gasteiger partial charge in [0.2, 0.25) is 0 Å². The minimum atomic E-state index is -0.258. The average molecular weight is 312 g/mol. The lowest BCUT2D eigenvalue weighted by Gasteiger charge is -2.22. The standard InChI is InChI=1S/C19H24N2O2/c1-13(2)16-10-9-14(3)17(11-16)20-21-19(22)12-23-18-8-6-5-7-15(18)4/h5-9,16H,1,10-12H2,2-4H3,(H,21,22)/b20-17+. The fraction of sp³-hybridized carbons (Fsp3) is 0.368. The summed E-state index contributed by atoms with van der Waals surface area (Å²) >= 11 is 0. The summed E-state index contributed by atoms with van der Waals surface area (Å²) in [6.45, 7) is 9.96. The SMILES string of the molecule is C=C(C)C1CC=C(C)/C(=N/NC(=O)COc2ccccc2C)C1. The summed E-state index contributed by atoms with van der Waals surface area (Å²) in [6.07, 6.45) is 3.96. The van der Waals surface area contributed by atoms with E-state index in [1.165, 1.54) is 0 Å². The van der Waals surface area contributed by atoms with E-state index in [1.54, 1.807) is 0 Å². The van der Waals surface area contributed by atoms with E-state index in [1.807, 2.05) is 45.0 Å². The number of para-hydroxylation sites is 1. The molecule has 1 aliphatic rings. The van der Waals surface area contributed by atoms with E-state index in [0.717, 1.165) is 35.3 Å². The largest absolute Gasteiger partial charge is 0.483 e. The third-order valence-corrected chi connectivity index (χ3v) is 4.07. The van der Waals surface area contributed by atoms with E-state index in [2.05, 4.69) is 23.2 Å². The zero-order valence-electron chi connectivity index (χ0n) is 14.1. The minimum absolute atomic E-state index is 0.0473. The molecule has 0 spiro atoms. The Balaban J connectivity index is 1.90. The van der Waals surface area contributed by atoms with Gasteiger partial charge in [-0.25, -0.2) is 5.43 Å². The number of amides is 1. The molecule has 1 amide bonds. The summed E-state index contributed by atoms with van der Waals surface area (Å²) in [7, 11) is 0. The lowest BCUT2D eigenvalue weighted by Crippen LogP contribution is -2.27. The molecule has 0 saturated carbocycles. The summed E-state index contributed by atoms with van der Waals surface area (Å²) in [6, 6.07) is 7.61. The van der Waals surface area contributed by atoms with Gasteiger partial charge in [0, 0.05) is 0 Å². The second-order valence-corrected chi connectivity index (χ2v) is 6.02. The number of benzene rings is 1. The summed E-state index contributed by atoms with van der Waals surface area (Å²) in [5.74, 6) is 0.856. The monoisotopic (exact) mass is 312 g/mol. The molecule has 0 heterocycles. The number of carbonyl (C=O) groups excluding carboxylic acids is 1. The molecule has 0 bridgehead atoms. The molecule has 1 aliphatic carbocycles. The van der Waals surface area contributed by atoms with Gasteiger partial charge in [-0.2, -0.15) is 5.10 Å². The molecule has 1 atom stereocenters. The first-order chi connectivity index (χ1) is 11.0. The van der Waals surface area contributed by atoms with Gasteiger partial charge in [-0.15, -0.1) is 0 Å². The summed E-state index contributed by atoms with van der Waals surface area (Å²) in [5.41, 5.74) is 6.76. The zero-order chi connectivity index (χ0) is 16.8. The number of aryl methyl sites for hydroxylation is 1. The highest BCUT2D eigenvalue weighted by Gasteiger charge is 2.18. The molecule has 2 rings (SSSR count). The molecule has 23 heavy (non-hydrogen) atoms. The lowest BCUT2D eigenvalue weighted by molar-refractivity contribution is -0.123. The summed E-state index contributed by atoms with van der Waals surface area (Å²) in [4.78, 5) is 11.9. The molecule has 0 saturated heterocycles. The topological polar surface area (TPSA) is 50.7 Å². The predicted octanol–water partition coefficient (Wildman–Crippen LogP) is 3.78. The van der Waals surface area contributed by atoms with Crippen LogP contribution in [0.1, 0.15) is 32.3 Å². The van der Waals surface area contributed by atoms with Gasteiger partial charge in [0.15, 0.2) is 6.61 Å². The van der Waals surface area contributed by atoms with Gasteiger partial charge in [0.25, 0.3) is 5.91 Å². The van der Waals surface area contributed by atoms with Crippen LogP contribution in [-0.2, 0) is 4.79 Å². The second kappa shape index (κ2) is 7.77. The zero-order valence-corrected chi connectivity index (χ0v) is 14.1. The molecule has 0 fully saturated rings. The second-order valence-electron chi connectivity index (χ2n) is 6.02. The summed E-state index contributed by atoms with van der Waals surface area (Å²) < 4.78 is 5.51. The predicted molar refractivity (Wildman–Crippen MR) is 93.5 cm³/mol. The molecule has 1 aromatic carbocycles. The van der Waals surface area contributed by atoms with E-state index < -0.39 is 0 Å². The van der Waals surface area contributed by atoms with Gasteiger partial charge in [0.1, 0.15) is 5.75 Å². The normalized spacial score (nSPS) is 19.2. The number of ether oxygens (including phenoxy) is 1. The molecule has 1 unspecified atom stereocenters. The van der Waals surface area contributed by atoms with E-state index >= 15 is 0 Å². The Labute approximate surface area is 137 Å². The van der Waals surface area contributed by atoms with E-state index in [4.69, 9.17) is 4.74 Å². The van der Waals surface area contributed by atoms with Gasteiger partial charge in [-0.3, -0.25) is 4.79 Å². The number of nitrogens with zero attached hydrogens (tertiary/aromatic N) is 1. The summed E-state index contributed by atoms with van der Waals surface area (Å²) in [5, 5.41) is 4.26. The van der Waals surface area contributed by atoms with Crippen molar-refractivity contribution in [3.05, 3.63) is 53.6 Å². The molecule has 0 aromatic heterocycles. The van der Waals surface area contributed by atoms with Crippen LogP contribution >= 0.6 is 0 Å². The van der Waals surface area contributed by atoms with E-state index in [-0.39, 0.29) is 12.5 Å². The van der Waals surface area contributed by atoms with Crippen molar-refractivity contribution in [3.63, 3.8) is 0 Å². The number of hydrogen-bond donors (Lipinski definition) is 1. The van der Waals surface area contributed by atoms with Crippen molar-refractivity contribution in [1.82, 2.24) is 5.43 Å². The van der Waals surface area contributed by atoms with Crippen LogP contribution < -0.4 is 10.2 Å². The van der Waals surface area contributed by atoms with Crippen molar-refractivity contribution in [3.8, 4) is 5.75 Å². The Morgan fingerprint density at radius 1 is 1.39 bits per heavy atom. The fourth-order valence-corrected chi connectivity index (χ4v) is 2.45. The smallest absolute Gasteiger partial charge is 0.277 e. The van der Waals surface area contributed by atoms with Crippen LogP contribution in [-0.4, -0.2) is 18.2 Å². The van der Waals surface area contributed by atoms with Crippen molar-refractivity contribution in [2.24, 2.45) is 11.0 Å². The van der Waals surface area contributed by atoms with Crippen molar-refractivity contribution >= 4 is 11.6 Å². The first-order valence-electron chi connectivity index (χ1n) is 7.83.